The van der Waals surface area contributed by atoms with Gasteiger partial charge in [0.25, 0.3) is 0 Å². The van der Waals surface area contributed by atoms with Gasteiger partial charge in [-0.3, -0.25) is 9.69 Å². The van der Waals surface area contributed by atoms with Gasteiger partial charge in [-0.25, -0.2) is 0 Å². The number of rotatable bonds is 7. The molecule has 0 bridgehead atoms. The summed E-state index contributed by atoms with van der Waals surface area (Å²) in [5.74, 6) is -0.213. The Morgan fingerprint density at radius 2 is 2.21 bits per heavy atom. The fourth-order valence-electron chi connectivity index (χ4n) is 1.21. The van der Waals surface area contributed by atoms with Crippen molar-refractivity contribution in [1.29, 1.82) is 5.26 Å². The van der Waals surface area contributed by atoms with Gasteiger partial charge in [-0.05, 0) is 25.9 Å². The zero-order valence-electron chi connectivity index (χ0n) is 8.95. The van der Waals surface area contributed by atoms with Crippen LogP contribution in [-0.4, -0.2) is 37.6 Å². The van der Waals surface area contributed by atoms with Crippen LogP contribution in [0.5, 0.6) is 0 Å². The summed E-state index contributed by atoms with van der Waals surface area (Å²) in [6, 6.07) is 2.09. The van der Waals surface area contributed by atoms with Crippen molar-refractivity contribution >= 4 is 5.97 Å². The lowest BCUT2D eigenvalue weighted by atomic mass is 10.3. The first-order valence-corrected chi connectivity index (χ1v) is 4.90. The molecule has 0 aliphatic heterocycles. The van der Waals surface area contributed by atoms with E-state index >= 15 is 0 Å². The Morgan fingerprint density at radius 3 is 2.71 bits per heavy atom. The minimum atomic E-state index is -0.213. The topological polar surface area (TPSA) is 53.3 Å². The molecule has 0 fully saturated rings. The maximum absolute atomic E-state index is 11.0. The molecule has 14 heavy (non-hydrogen) atoms. The van der Waals surface area contributed by atoms with Gasteiger partial charge in [-0.15, -0.1) is 0 Å². The van der Waals surface area contributed by atoms with Crippen molar-refractivity contribution in [2.24, 2.45) is 0 Å². The summed E-state index contributed by atoms with van der Waals surface area (Å²) in [7, 11) is 1.39. The Morgan fingerprint density at radius 1 is 1.50 bits per heavy atom. The van der Waals surface area contributed by atoms with Crippen LogP contribution in [0.4, 0.5) is 0 Å². The lowest BCUT2D eigenvalue weighted by molar-refractivity contribution is -0.141. The van der Waals surface area contributed by atoms with Gasteiger partial charge in [0.2, 0.25) is 0 Å². The monoisotopic (exact) mass is 198 g/mol. The summed E-state index contributed by atoms with van der Waals surface area (Å²) in [4.78, 5) is 13.0. The standard InChI is InChI=1S/C10H18N2O2/c1-3-7-12(8-5-4-6-11)9-10(13)14-2/h3-5,7-9H2,1-2H3. The third-order valence-electron chi connectivity index (χ3n) is 1.88. The zero-order valence-corrected chi connectivity index (χ0v) is 8.95. The predicted molar refractivity (Wildman–Crippen MR) is 53.6 cm³/mol. The molecule has 0 rings (SSSR count). The van der Waals surface area contributed by atoms with Gasteiger partial charge in [0.1, 0.15) is 0 Å². The van der Waals surface area contributed by atoms with E-state index in [9.17, 15) is 4.79 Å². The number of methoxy groups -OCH3 is 1. The van der Waals surface area contributed by atoms with Crippen LogP contribution in [0.1, 0.15) is 26.2 Å². The van der Waals surface area contributed by atoms with Crippen molar-refractivity contribution in [3.05, 3.63) is 0 Å². The van der Waals surface area contributed by atoms with E-state index in [2.05, 4.69) is 17.7 Å². The van der Waals surface area contributed by atoms with Gasteiger partial charge in [-0.1, -0.05) is 6.92 Å². The predicted octanol–water partition coefficient (Wildman–Crippen LogP) is 1.18. The normalized spacial score (nSPS) is 9.86. The number of hydrogen-bond acceptors (Lipinski definition) is 4. The number of carbonyl (C=O) groups is 1. The highest BCUT2D eigenvalue weighted by Crippen LogP contribution is 1.97. The number of esters is 1. The molecule has 0 aromatic heterocycles. The molecule has 0 atom stereocenters. The number of ether oxygens (including phenoxy) is 1. The summed E-state index contributed by atoms with van der Waals surface area (Å²) >= 11 is 0. The lowest BCUT2D eigenvalue weighted by Crippen LogP contribution is -2.32. The average molecular weight is 198 g/mol. The second-order valence-electron chi connectivity index (χ2n) is 3.11. The molecule has 0 N–H and O–H groups in total. The van der Waals surface area contributed by atoms with E-state index in [4.69, 9.17) is 5.26 Å². The van der Waals surface area contributed by atoms with E-state index in [1.807, 2.05) is 4.90 Å². The molecule has 0 radical (unpaired) electrons. The fourth-order valence-corrected chi connectivity index (χ4v) is 1.21. The van der Waals surface area contributed by atoms with Crippen molar-refractivity contribution < 1.29 is 9.53 Å². The van der Waals surface area contributed by atoms with Crippen molar-refractivity contribution in [1.82, 2.24) is 4.90 Å². The molecule has 0 aliphatic carbocycles. The summed E-state index contributed by atoms with van der Waals surface area (Å²) in [5.41, 5.74) is 0. The third-order valence-corrected chi connectivity index (χ3v) is 1.88. The van der Waals surface area contributed by atoms with Crippen LogP contribution in [-0.2, 0) is 9.53 Å². The Hall–Kier alpha value is -1.08. The van der Waals surface area contributed by atoms with Gasteiger partial charge < -0.3 is 4.74 Å². The molecule has 0 spiro atoms. The van der Waals surface area contributed by atoms with Gasteiger partial charge in [0, 0.05) is 6.42 Å². The minimum absolute atomic E-state index is 0.213. The van der Waals surface area contributed by atoms with Crippen molar-refractivity contribution in [3.8, 4) is 6.07 Å². The molecule has 0 aromatic carbocycles. The number of carbonyl (C=O) groups excluding carboxylic acids is 1. The van der Waals surface area contributed by atoms with E-state index in [1.54, 1.807) is 0 Å². The van der Waals surface area contributed by atoms with E-state index in [0.29, 0.717) is 13.0 Å². The smallest absolute Gasteiger partial charge is 0.319 e. The first kappa shape index (κ1) is 12.9. The van der Waals surface area contributed by atoms with Gasteiger partial charge >= 0.3 is 5.97 Å². The first-order valence-electron chi connectivity index (χ1n) is 4.90. The van der Waals surface area contributed by atoms with Gasteiger partial charge in [0.05, 0.1) is 19.7 Å². The summed E-state index contributed by atoms with van der Waals surface area (Å²) < 4.78 is 4.59. The van der Waals surface area contributed by atoms with E-state index in [-0.39, 0.29) is 5.97 Å². The molecule has 0 aliphatic rings. The number of unbranched alkanes of at least 4 members (excludes halogenated alkanes) is 1. The Labute approximate surface area is 85.5 Å². The first-order chi connectivity index (χ1) is 6.74. The van der Waals surface area contributed by atoms with Crippen LogP contribution in [0.15, 0.2) is 0 Å². The molecular formula is C10H18N2O2. The average Bonchev–Trinajstić information content (AvgIpc) is 2.18. The number of nitrogens with zero attached hydrogens (tertiary/aromatic N) is 2. The number of nitriles is 1. The summed E-state index contributed by atoms with van der Waals surface area (Å²) in [6.45, 7) is 4.06. The second-order valence-corrected chi connectivity index (χ2v) is 3.11. The Balaban J connectivity index is 3.77. The molecule has 0 saturated carbocycles. The van der Waals surface area contributed by atoms with Gasteiger partial charge in [0.15, 0.2) is 0 Å². The van der Waals surface area contributed by atoms with Crippen LogP contribution in [0.2, 0.25) is 0 Å². The van der Waals surface area contributed by atoms with Crippen molar-refractivity contribution in [3.63, 3.8) is 0 Å². The van der Waals surface area contributed by atoms with Crippen LogP contribution in [0, 0.1) is 11.3 Å². The summed E-state index contributed by atoms with van der Waals surface area (Å²) in [6.07, 6.45) is 2.36. The molecule has 4 nitrogen and oxygen atoms in total. The molecule has 0 saturated heterocycles. The highest BCUT2D eigenvalue weighted by molar-refractivity contribution is 5.71. The van der Waals surface area contributed by atoms with Crippen LogP contribution < -0.4 is 0 Å². The van der Waals surface area contributed by atoms with Crippen LogP contribution in [0.3, 0.4) is 0 Å². The molecule has 0 aromatic rings. The molecule has 0 heterocycles. The fraction of sp³-hybridized carbons (Fsp3) is 0.800. The van der Waals surface area contributed by atoms with E-state index < -0.39 is 0 Å². The molecule has 4 heteroatoms. The third kappa shape index (κ3) is 6.44. The SMILES string of the molecule is CCCN(CCCC#N)CC(=O)OC. The van der Waals surface area contributed by atoms with Crippen LogP contribution >= 0.6 is 0 Å². The van der Waals surface area contributed by atoms with E-state index in [1.165, 1.54) is 7.11 Å². The van der Waals surface area contributed by atoms with Crippen LogP contribution in [0.25, 0.3) is 0 Å². The second kappa shape index (κ2) is 8.52. The molecule has 0 unspecified atom stereocenters. The quantitative estimate of drug-likeness (QED) is 0.455. The molecular weight excluding hydrogens is 180 g/mol. The zero-order chi connectivity index (χ0) is 10.8. The number of hydrogen-bond donors (Lipinski definition) is 0. The highest BCUT2D eigenvalue weighted by atomic mass is 16.5. The Kier molecular flexibility index (Phi) is 7.86. The van der Waals surface area contributed by atoms with Gasteiger partial charge in [-0.2, -0.15) is 5.26 Å². The highest BCUT2D eigenvalue weighted by Gasteiger charge is 2.08. The minimum Gasteiger partial charge on any atom is -0.468 e. The lowest BCUT2D eigenvalue weighted by Gasteiger charge is -2.19. The maximum Gasteiger partial charge on any atom is 0.319 e. The van der Waals surface area contributed by atoms with Crippen molar-refractivity contribution in [2.45, 2.75) is 26.2 Å². The molecule has 0 amide bonds. The molecule has 80 valence electrons. The Bertz CT molecular complexity index is 199. The van der Waals surface area contributed by atoms with Crippen molar-refractivity contribution in [2.75, 3.05) is 26.7 Å². The van der Waals surface area contributed by atoms with E-state index in [0.717, 1.165) is 25.9 Å². The largest absolute Gasteiger partial charge is 0.468 e. The maximum atomic E-state index is 11.0. The summed E-state index contributed by atoms with van der Waals surface area (Å²) in [5, 5.41) is 8.38.